The van der Waals surface area contributed by atoms with Crippen molar-refractivity contribution in [2.45, 2.75) is 45.6 Å². The van der Waals surface area contributed by atoms with Gasteiger partial charge in [0, 0.05) is 0 Å². The number of aliphatic hydroxyl groups excluding tert-OH is 1. The zero-order valence-electron chi connectivity index (χ0n) is 7.51. The summed E-state index contributed by atoms with van der Waals surface area (Å²) < 4.78 is 0. The Hall–Kier alpha value is -0.300. The highest BCUT2D eigenvalue weighted by Gasteiger charge is 2.14. The molecular formula is C10H18O. The Morgan fingerprint density at radius 2 is 2.45 bits per heavy atom. The van der Waals surface area contributed by atoms with Crippen LogP contribution in [-0.4, -0.2) is 11.2 Å². The van der Waals surface area contributed by atoms with Gasteiger partial charge >= 0.3 is 0 Å². The van der Waals surface area contributed by atoms with E-state index in [1.807, 2.05) is 6.92 Å². The normalized spacial score (nSPS) is 27.9. The standard InChI is InChI=1S/C10H18O/c1-3-10(11)9-6-4-8(2)5-7-9/h6,8,10-11H,3-5,7H2,1-2H3. The van der Waals surface area contributed by atoms with Gasteiger partial charge in [-0.15, -0.1) is 0 Å². The molecule has 2 atom stereocenters. The first-order valence-electron chi connectivity index (χ1n) is 4.61. The predicted octanol–water partition coefficient (Wildman–Crippen LogP) is 2.50. The van der Waals surface area contributed by atoms with Crippen LogP contribution >= 0.6 is 0 Å². The van der Waals surface area contributed by atoms with E-state index in [2.05, 4.69) is 13.0 Å². The Morgan fingerprint density at radius 3 is 2.91 bits per heavy atom. The summed E-state index contributed by atoms with van der Waals surface area (Å²) in [6.45, 7) is 4.30. The van der Waals surface area contributed by atoms with Crippen LogP contribution in [-0.2, 0) is 0 Å². The lowest BCUT2D eigenvalue weighted by molar-refractivity contribution is 0.197. The maximum Gasteiger partial charge on any atom is 0.0747 e. The van der Waals surface area contributed by atoms with Crippen LogP contribution < -0.4 is 0 Å². The monoisotopic (exact) mass is 154 g/mol. The third-order valence-electron chi connectivity index (χ3n) is 2.52. The molecular weight excluding hydrogens is 136 g/mol. The number of allylic oxidation sites excluding steroid dienone is 1. The molecule has 1 nitrogen and oxygen atoms in total. The Bertz CT molecular complexity index is 149. The highest BCUT2D eigenvalue weighted by Crippen LogP contribution is 2.25. The third kappa shape index (κ3) is 2.33. The van der Waals surface area contributed by atoms with E-state index >= 15 is 0 Å². The van der Waals surface area contributed by atoms with Gasteiger partial charge in [0.1, 0.15) is 0 Å². The van der Waals surface area contributed by atoms with Crippen LogP contribution in [0.25, 0.3) is 0 Å². The van der Waals surface area contributed by atoms with E-state index in [0.717, 1.165) is 25.2 Å². The van der Waals surface area contributed by atoms with Crippen LogP contribution in [0.15, 0.2) is 11.6 Å². The zero-order valence-corrected chi connectivity index (χ0v) is 7.51. The van der Waals surface area contributed by atoms with Crippen molar-refractivity contribution in [1.29, 1.82) is 0 Å². The van der Waals surface area contributed by atoms with Crippen molar-refractivity contribution in [2.24, 2.45) is 5.92 Å². The van der Waals surface area contributed by atoms with E-state index in [1.165, 1.54) is 12.0 Å². The van der Waals surface area contributed by atoms with E-state index < -0.39 is 0 Å². The molecule has 0 saturated heterocycles. The number of aliphatic hydroxyl groups is 1. The second-order valence-corrected chi connectivity index (χ2v) is 3.58. The topological polar surface area (TPSA) is 20.2 Å². The summed E-state index contributed by atoms with van der Waals surface area (Å²) >= 11 is 0. The average molecular weight is 154 g/mol. The highest BCUT2D eigenvalue weighted by atomic mass is 16.3. The lowest BCUT2D eigenvalue weighted by Crippen LogP contribution is -2.13. The van der Waals surface area contributed by atoms with E-state index in [-0.39, 0.29) is 6.10 Å². The van der Waals surface area contributed by atoms with Gasteiger partial charge in [0.15, 0.2) is 0 Å². The van der Waals surface area contributed by atoms with Crippen molar-refractivity contribution in [3.8, 4) is 0 Å². The van der Waals surface area contributed by atoms with E-state index in [1.54, 1.807) is 0 Å². The quantitative estimate of drug-likeness (QED) is 0.606. The van der Waals surface area contributed by atoms with Crippen molar-refractivity contribution < 1.29 is 5.11 Å². The fourth-order valence-electron chi connectivity index (χ4n) is 1.55. The molecule has 0 aromatic rings. The molecule has 2 unspecified atom stereocenters. The summed E-state index contributed by atoms with van der Waals surface area (Å²) in [5.74, 6) is 0.822. The van der Waals surface area contributed by atoms with Crippen LogP contribution in [0.3, 0.4) is 0 Å². The molecule has 11 heavy (non-hydrogen) atoms. The zero-order chi connectivity index (χ0) is 8.27. The molecule has 0 saturated carbocycles. The molecule has 1 aliphatic rings. The summed E-state index contributed by atoms with van der Waals surface area (Å²) in [6, 6.07) is 0. The van der Waals surface area contributed by atoms with Gasteiger partial charge in [0.25, 0.3) is 0 Å². The lowest BCUT2D eigenvalue weighted by atomic mass is 9.88. The highest BCUT2D eigenvalue weighted by molar-refractivity contribution is 5.10. The maximum atomic E-state index is 9.50. The molecule has 1 aliphatic carbocycles. The summed E-state index contributed by atoms with van der Waals surface area (Å²) in [6.07, 6.45) is 6.44. The second kappa shape index (κ2) is 3.91. The molecule has 0 aromatic heterocycles. The van der Waals surface area contributed by atoms with Crippen LogP contribution in [0, 0.1) is 5.92 Å². The van der Waals surface area contributed by atoms with Crippen molar-refractivity contribution >= 4 is 0 Å². The molecule has 0 fully saturated rings. The van der Waals surface area contributed by atoms with Crippen molar-refractivity contribution in [3.05, 3.63) is 11.6 Å². The average Bonchev–Trinajstić information content (AvgIpc) is 2.05. The number of rotatable bonds is 2. The molecule has 0 radical (unpaired) electrons. The summed E-state index contributed by atoms with van der Waals surface area (Å²) in [7, 11) is 0. The van der Waals surface area contributed by atoms with Gasteiger partial charge in [-0.05, 0) is 37.2 Å². The van der Waals surface area contributed by atoms with Gasteiger partial charge in [-0.25, -0.2) is 0 Å². The van der Waals surface area contributed by atoms with E-state index in [4.69, 9.17) is 0 Å². The molecule has 0 spiro atoms. The van der Waals surface area contributed by atoms with Gasteiger partial charge in [-0.2, -0.15) is 0 Å². The van der Waals surface area contributed by atoms with Gasteiger partial charge in [0.2, 0.25) is 0 Å². The number of hydrogen-bond acceptors (Lipinski definition) is 1. The first kappa shape index (κ1) is 8.79. The molecule has 1 N–H and O–H groups in total. The molecule has 0 aromatic carbocycles. The van der Waals surface area contributed by atoms with Crippen LogP contribution in [0.5, 0.6) is 0 Å². The lowest BCUT2D eigenvalue weighted by Gasteiger charge is -2.21. The molecule has 64 valence electrons. The summed E-state index contributed by atoms with van der Waals surface area (Å²) in [4.78, 5) is 0. The van der Waals surface area contributed by atoms with Crippen LogP contribution in [0.2, 0.25) is 0 Å². The third-order valence-corrected chi connectivity index (χ3v) is 2.52. The van der Waals surface area contributed by atoms with Crippen molar-refractivity contribution in [2.75, 3.05) is 0 Å². The Balaban J connectivity index is 2.47. The largest absolute Gasteiger partial charge is 0.389 e. The Morgan fingerprint density at radius 1 is 1.73 bits per heavy atom. The van der Waals surface area contributed by atoms with Crippen molar-refractivity contribution in [1.82, 2.24) is 0 Å². The molecule has 0 amide bonds. The van der Waals surface area contributed by atoms with E-state index in [9.17, 15) is 5.11 Å². The predicted molar refractivity (Wildman–Crippen MR) is 47.4 cm³/mol. The van der Waals surface area contributed by atoms with Gasteiger partial charge < -0.3 is 5.11 Å². The first-order chi connectivity index (χ1) is 5.24. The molecule has 1 heteroatoms. The minimum Gasteiger partial charge on any atom is -0.389 e. The Kier molecular flexibility index (Phi) is 3.13. The fraction of sp³-hybridized carbons (Fsp3) is 0.800. The Labute approximate surface area is 69.1 Å². The summed E-state index contributed by atoms with van der Waals surface area (Å²) in [5.41, 5.74) is 1.27. The van der Waals surface area contributed by atoms with Crippen LogP contribution in [0.1, 0.15) is 39.5 Å². The second-order valence-electron chi connectivity index (χ2n) is 3.58. The maximum absolute atomic E-state index is 9.50. The minimum atomic E-state index is -0.164. The van der Waals surface area contributed by atoms with E-state index in [0.29, 0.717) is 0 Å². The van der Waals surface area contributed by atoms with Gasteiger partial charge in [-0.1, -0.05) is 19.9 Å². The van der Waals surface area contributed by atoms with Gasteiger partial charge in [-0.3, -0.25) is 0 Å². The summed E-state index contributed by atoms with van der Waals surface area (Å²) in [5, 5.41) is 9.50. The SMILES string of the molecule is CCC(O)C1=CCC(C)CC1. The molecule has 0 heterocycles. The van der Waals surface area contributed by atoms with Crippen molar-refractivity contribution in [3.63, 3.8) is 0 Å². The van der Waals surface area contributed by atoms with Gasteiger partial charge in [0.05, 0.1) is 6.10 Å². The van der Waals surface area contributed by atoms with Crippen LogP contribution in [0.4, 0.5) is 0 Å². The fourth-order valence-corrected chi connectivity index (χ4v) is 1.55. The first-order valence-corrected chi connectivity index (χ1v) is 4.61. The smallest absolute Gasteiger partial charge is 0.0747 e. The molecule has 1 rings (SSSR count). The minimum absolute atomic E-state index is 0.164. The number of hydrogen-bond donors (Lipinski definition) is 1. The molecule has 0 aliphatic heterocycles. The molecule has 0 bridgehead atoms.